The Hall–Kier alpha value is -1.37. The lowest BCUT2D eigenvalue weighted by atomic mass is 10.2. The second-order valence-corrected chi connectivity index (χ2v) is 5.59. The Morgan fingerprint density at radius 1 is 1.35 bits per heavy atom. The number of thioether (sulfide) groups is 1. The summed E-state index contributed by atoms with van der Waals surface area (Å²) in [6.07, 6.45) is 0.401. The molecule has 3 N–H and O–H groups in total. The summed E-state index contributed by atoms with van der Waals surface area (Å²) in [6, 6.07) is 8.06. The van der Waals surface area contributed by atoms with Gasteiger partial charge in [0.2, 0.25) is 0 Å². The van der Waals surface area contributed by atoms with Crippen LogP contribution in [0.5, 0.6) is 0 Å². The minimum Gasteiger partial charge on any atom is -0.392 e. The molecule has 2 rings (SSSR count). The number of para-hydroxylation sites is 1. The molecule has 0 saturated carbocycles. The summed E-state index contributed by atoms with van der Waals surface area (Å²) in [4.78, 5) is 0. The largest absolute Gasteiger partial charge is 0.392 e. The third-order valence-electron chi connectivity index (χ3n) is 3.12. The van der Waals surface area contributed by atoms with Gasteiger partial charge in [-0.3, -0.25) is 4.57 Å². The third-order valence-corrected chi connectivity index (χ3v) is 4.19. The van der Waals surface area contributed by atoms with Gasteiger partial charge in [-0.1, -0.05) is 36.9 Å². The zero-order valence-electron chi connectivity index (χ0n) is 11.8. The van der Waals surface area contributed by atoms with Crippen molar-refractivity contribution in [2.24, 2.45) is 5.73 Å². The van der Waals surface area contributed by atoms with E-state index in [2.05, 4.69) is 10.2 Å². The molecule has 0 saturated heterocycles. The average molecular weight is 292 g/mol. The van der Waals surface area contributed by atoms with Gasteiger partial charge in [-0.25, -0.2) is 0 Å². The van der Waals surface area contributed by atoms with Crippen molar-refractivity contribution in [1.82, 2.24) is 14.8 Å². The molecule has 0 aliphatic rings. The van der Waals surface area contributed by atoms with Gasteiger partial charge in [0.15, 0.2) is 11.0 Å². The molecule has 1 atom stereocenters. The number of nitrogens with zero attached hydrogens (tertiary/aromatic N) is 3. The molecule has 20 heavy (non-hydrogen) atoms. The van der Waals surface area contributed by atoms with Gasteiger partial charge in [-0.2, -0.15) is 0 Å². The highest BCUT2D eigenvalue weighted by molar-refractivity contribution is 7.99. The SMILES string of the molecule is CCC(O)CSc1nnc(CN)n1-c1ccccc1C. The van der Waals surface area contributed by atoms with Crippen LogP contribution in [0.1, 0.15) is 24.7 Å². The number of aromatic nitrogens is 3. The van der Waals surface area contributed by atoms with Crippen LogP contribution in [-0.4, -0.2) is 31.7 Å². The molecular formula is C14H20N4OS. The zero-order valence-corrected chi connectivity index (χ0v) is 12.6. The first kappa shape index (κ1) is 15.0. The standard InChI is InChI=1S/C14H20N4OS/c1-3-11(19)9-20-14-17-16-13(8-15)18(14)12-7-5-4-6-10(12)2/h4-7,11,19H,3,8-9,15H2,1-2H3. The molecule has 1 unspecified atom stereocenters. The maximum absolute atomic E-state index is 9.70. The van der Waals surface area contributed by atoms with Gasteiger partial charge >= 0.3 is 0 Å². The first-order valence-electron chi connectivity index (χ1n) is 6.68. The van der Waals surface area contributed by atoms with Gasteiger partial charge in [-0.15, -0.1) is 10.2 Å². The second-order valence-electron chi connectivity index (χ2n) is 4.60. The number of aryl methyl sites for hydroxylation is 1. The van der Waals surface area contributed by atoms with Gasteiger partial charge in [0, 0.05) is 5.75 Å². The van der Waals surface area contributed by atoms with Crippen molar-refractivity contribution in [2.75, 3.05) is 5.75 Å². The number of rotatable bonds is 6. The quantitative estimate of drug-likeness (QED) is 0.795. The lowest BCUT2D eigenvalue weighted by Crippen LogP contribution is -2.11. The van der Waals surface area contributed by atoms with Crippen LogP contribution in [0.2, 0.25) is 0 Å². The number of aliphatic hydroxyl groups is 1. The summed E-state index contributed by atoms with van der Waals surface area (Å²) < 4.78 is 1.97. The highest BCUT2D eigenvalue weighted by atomic mass is 32.2. The summed E-state index contributed by atoms with van der Waals surface area (Å²) in [7, 11) is 0. The molecule has 2 aromatic rings. The fraction of sp³-hybridized carbons (Fsp3) is 0.429. The molecule has 108 valence electrons. The highest BCUT2D eigenvalue weighted by Gasteiger charge is 2.15. The number of hydrogen-bond donors (Lipinski definition) is 2. The summed E-state index contributed by atoms with van der Waals surface area (Å²) in [5.41, 5.74) is 7.92. The molecule has 6 heteroatoms. The Kier molecular flexibility index (Phi) is 5.17. The second kappa shape index (κ2) is 6.88. The average Bonchev–Trinajstić information content (AvgIpc) is 2.88. The summed E-state index contributed by atoms with van der Waals surface area (Å²) in [5.74, 6) is 1.33. The smallest absolute Gasteiger partial charge is 0.195 e. The maximum atomic E-state index is 9.70. The first-order chi connectivity index (χ1) is 9.67. The number of hydrogen-bond acceptors (Lipinski definition) is 5. The predicted octanol–water partition coefficient (Wildman–Crippen LogP) is 1.90. The van der Waals surface area contributed by atoms with Crippen LogP contribution in [0.15, 0.2) is 29.4 Å². The molecule has 1 heterocycles. The summed E-state index contributed by atoms with van der Waals surface area (Å²) in [5, 5.41) is 18.8. The van der Waals surface area contributed by atoms with Gasteiger partial charge in [0.25, 0.3) is 0 Å². The molecule has 0 radical (unpaired) electrons. The van der Waals surface area contributed by atoms with Gasteiger partial charge in [0.05, 0.1) is 18.3 Å². The van der Waals surface area contributed by atoms with Gasteiger partial charge < -0.3 is 10.8 Å². The molecule has 0 fully saturated rings. The lowest BCUT2D eigenvalue weighted by molar-refractivity contribution is 0.195. The molecule has 0 aliphatic carbocycles. The van der Waals surface area contributed by atoms with Crippen molar-refractivity contribution in [2.45, 2.75) is 38.1 Å². The topological polar surface area (TPSA) is 77.0 Å². The molecule has 1 aromatic carbocycles. The van der Waals surface area contributed by atoms with Crippen LogP contribution in [0.25, 0.3) is 5.69 Å². The molecule has 0 bridgehead atoms. The van der Waals surface area contributed by atoms with Gasteiger partial charge in [0.1, 0.15) is 0 Å². The van der Waals surface area contributed by atoms with Crippen molar-refractivity contribution in [1.29, 1.82) is 0 Å². The lowest BCUT2D eigenvalue weighted by Gasteiger charge is -2.12. The minimum atomic E-state index is -0.330. The number of nitrogens with two attached hydrogens (primary N) is 1. The minimum absolute atomic E-state index is 0.330. The van der Waals surface area contributed by atoms with Crippen molar-refractivity contribution in [3.05, 3.63) is 35.7 Å². The van der Waals surface area contributed by atoms with E-state index in [1.165, 1.54) is 11.8 Å². The van der Waals surface area contributed by atoms with E-state index in [9.17, 15) is 5.11 Å². The molecule has 0 amide bonds. The third kappa shape index (κ3) is 3.20. The molecule has 0 spiro atoms. The maximum Gasteiger partial charge on any atom is 0.195 e. The van der Waals surface area contributed by atoms with E-state index in [0.717, 1.165) is 28.7 Å². The van der Waals surface area contributed by atoms with E-state index < -0.39 is 0 Å². The zero-order chi connectivity index (χ0) is 14.5. The fourth-order valence-electron chi connectivity index (χ4n) is 1.87. The van der Waals surface area contributed by atoms with E-state index in [-0.39, 0.29) is 6.10 Å². The van der Waals surface area contributed by atoms with Crippen LogP contribution in [-0.2, 0) is 6.54 Å². The van der Waals surface area contributed by atoms with Crippen molar-refractivity contribution in [3.8, 4) is 5.69 Å². The van der Waals surface area contributed by atoms with E-state index in [4.69, 9.17) is 5.73 Å². The predicted molar refractivity (Wildman–Crippen MR) is 81.0 cm³/mol. The van der Waals surface area contributed by atoms with Crippen LogP contribution in [0.3, 0.4) is 0 Å². The normalized spacial score (nSPS) is 12.6. The van der Waals surface area contributed by atoms with Crippen LogP contribution >= 0.6 is 11.8 Å². The first-order valence-corrected chi connectivity index (χ1v) is 7.67. The van der Waals surface area contributed by atoms with E-state index >= 15 is 0 Å². The fourth-order valence-corrected chi connectivity index (χ4v) is 2.88. The number of benzene rings is 1. The Morgan fingerprint density at radius 3 is 2.75 bits per heavy atom. The Morgan fingerprint density at radius 2 is 2.10 bits per heavy atom. The van der Waals surface area contributed by atoms with Crippen LogP contribution < -0.4 is 5.73 Å². The number of aliphatic hydroxyl groups excluding tert-OH is 1. The summed E-state index contributed by atoms with van der Waals surface area (Å²) >= 11 is 1.50. The molecule has 5 nitrogen and oxygen atoms in total. The van der Waals surface area contributed by atoms with Crippen molar-refractivity contribution in [3.63, 3.8) is 0 Å². The van der Waals surface area contributed by atoms with E-state index in [1.807, 2.05) is 42.7 Å². The summed E-state index contributed by atoms with van der Waals surface area (Å²) in [6.45, 7) is 4.34. The Bertz CT molecular complexity index is 570. The highest BCUT2D eigenvalue weighted by Crippen LogP contribution is 2.24. The van der Waals surface area contributed by atoms with Crippen molar-refractivity contribution >= 4 is 11.8 Å². The molecule has 1 aromatic heterocycles. The Balaban J connectivity index is 2.35. The van der Waals surface area contributed by atoms with Crippen LogP contribution in [0, 0.1) is 6.92 Å². The van der Waals surface area contributed by atoms with Crippen molar-refractivity contribution < 1.29 is 5.11 Å². The van der Waals surface area contributed by atoms with Gasteiger partial charge in [-0.05, 0) is 25.0 Å². The van der Waals surface area contributed by atoms with E-state index in [0.29, 0.717) is 12.3 Å². The Labute approximate surface area is 123 Å². The van der Waals surface area contributed by atoms with E-state index in [1.54, 1.807) is 0 Å². The van der Waals surface area contributed by atoms with Crippen LogP contribution in [0.4, 0.5) is 0 Å². The monoisotopic (exact) mass is 292 g/mol. The molecular weight excluding hydrogens is 272 g/mol. The molecule has 0 aliphatic heterocycles.